The fourth-order valence-electron chi connectivity index (χ4n) is 3.77. The number of aromatic nitrogens is 1. The van der Waals surface area contributed by atoms with Crippen LogP contribution in [0.1, 0.15) is 46.7 Å². The van der Waals surface area contributed by atoms with Crippen LogP contribution in [0.25, 0.3) is 0 Å². The molecule has 0 saturated carbocycles. The van der Waals surface area contributed by atoms with Gasteiger partial charge >= 0.3 is 0 Å². The molecule has 1 aromatic carbocycles. The molecule has 138 valence electrons. The van der Waals surface area contributed by atoms with E-state index in [4.69, 9.17) is 9.47 Å². The summed E-state index contributed by atoms with van der Waals surface area (Å²) < 4.78 is 11.5. The quantitative estimate of drug-likeness (QED) is 0.895. The second-order valence-electron chi connectivity index (χ2n) is 7.10. The third-order valence-electron chi connectivity index (χ3n) is 5.21. The lowest BCUT2D eigenvalue weighted by atomic mass is 9.84. The summed E-state index contributed by atoms with van der Waals surface area (Å²) in [6.07, 6.45) is 4.31. The number of rotatable bonds is 4. The summed E-state index contributed by atoms with van der Waals surface area (Å²) in [4.78, 5) is 17.1. The second kappa shape index (κ2) is 7.86. The van der Waals surface area contributed by atoms with Crippen LogP contribution in [-0.2, 0) is 15.9 Å². The van der Waals surface area contributed by atoms with E-state index >= 15 is 0 Å². The van der Waals surface area contributed by atoms with Gasteiger partial charge in [0.25, 0.3) is 5.91 Å². The summed E-state index contributed by atoms with van der Waals surface area (Å²) in [5, 5.41) is 5.99. The Bertz CT molecular complexity index is 735. The van der Waals surface area contributed by atoms with E-state index in [0.29, 0.717) is 12.3 Å². The van der Waals surface area contributed by atoms with Crippen LogP contribution >= 0.6 is 11.3 Å². The zero-order valence-electron chi connectivity index (χ0n) is 14.8. The first-order valence-corrected chi connectivity index (χ1v) is 10.1. The number of nitrogens with zero attached hydrogens (tertiary/aromatic N) is 1. The van der Waals surface area contributed by atoms with Crippen LogP contribution in [0.4, 0.5) is 0 Å². The molecular weight excluding hydrogens is 348 g/mol. The lowest BCUT2D eigenvalue weighted by Gasteiger charge is -2.43. The van der Waals surface area contributed by atoms with Gasteiger partial charge in [-0.25, -0.2) is 4.98 Å². The van der Waals surface area contributed by atoms with E-state index in [1.807, 2.05) is 23.6 Å². The topological polar surface area (TPSA) is 60.5 Å². The SMILES string of the molecule is O=C(N[C@H]1CCOC2(CCOCC2)C1)c1csc(Cc2ccccc2)n1. The van der Waals surface area contributed by atoms with Gasteiger partial charge in [-0.1, -0.05) is 30.3 Å². The molecule has 6 heteroatoms. The van der Waals surface area contributed by atoms with Crippen molar-refractivity contribution in [2.75, 3.05) is 19.8 Å². The van der Waals surface area contributed by atoms with Crippen molar-refractivity contribution in [3.63, 3.8) is 0 Å². The molecule has 5 nitrogen and oxygen atoms in total. The number of thiazole rings is 1. The number of hydrogen-bond donors (Lipinski definition) is 1. The number of nitrogens with one attached hydrogen (secondary N) is 1. The molecule has 0 unspecified atom stereocenters. The molecule has 2 aliphatic rings. The van der Waals surface area contributed by atoms with Gasteiger partial charge in [0.05, 0.1) is 10.6 Å². The fraction of sp³-hybridized carbons (Fsp3) is 0.500. The van der Waals surface area contributed by atoms with Gasteiger partial charge in [0, 0.05) is 37.7 Å². The Morgan fingerprint density at radius 1 is 1.23 bits per heavy atom. The van der Waals surface area contributed by atoms with E-state index in [0.717, 1.165) is 50.3 Å². The molecule has 2 aromatic rings. The number of ether oxygens (including phenoxy) is 2. The summed E-state index contributed by atoms with van der Waals surface area (Å²) in [6.45, 7) is 2.19. The smallest absolute Gasteiger partial charge is 0.270 e. The molecular formula is C20H24N2O3S. The number of hydrogen-bond acceptors (Lipinski definition) is 5. The van der Waals surface area contributed by atoms with Gasteiger partial charge in [0.1, 0.15) is 5.69 Å². The van der Waals surface area contributed by atoms with Crippen molar-refractivity contribution in [3.05, 3.63) is 52.0 Å². The minimum absolute atomic E-state index is 0.0744. The Morgan fingerprint density at radius 2 is 2.04 bits per heavy atom. The van der Waals surface area contributed by atoms with Crippen molar-refractivity contribution in [1.29, 1.82) is 0 Å². The van der Waals surface area contributed by atoms with E-state index < -0.39 is 0 Å². The van der Waals surface area contributed by atoms with Crippen LogP contribution in [0.3, 0.4) is 0 Å². The molecule has 1 atom stereocenters. The van der Waals surface area contributed by atoms with Crippen molar-refractivity contribution in [3.8, 4) is 0 Å². The molecule has 1 spiro atoms. The lowest BCUT2D eigenvalue weighted by molar-refractivity contribution is -0.139. The summed E-state index contributed by atoms with van der Waals surface area (Å²) in [6, 6.07) is 10.4. The van der Waals surface area contributed by atoms with Crippen LogP contribution < -0.4 is 5.32 Å². The van der Waals surface area contributed by atoms with Crippen LogP contribution in [0.2, 0.25) is 0 Å². The number of carbonyl (C=O) groups excluding carboxylic acids is 1. The van der Waals surface area contributed by atoms with Gasteiger partial charge in [0.2, 0.25) is 0 Å². The highest BCUT2D eigenvalue weighted by molar-refractivity contribution is 7.09. The molecule has 26 heavy (non-hydrogen) atoms. The Hall–Kier alpha value is -1.76. The highest BCUT2D eigenvalue weighted by atomic mass is 32.1. The first-order valence-electron chi connectivity index (χ1n) is 9.23. The second-order valence-corrected chi connectivity index (χ2v) is 8.04. The van der Waals surface area contributed by atoms with E-state index in [-0.39, 0.29) is 17.6 Å². The molecule has 2 saturated heterocycles. The molecule has 1 aromatic heterocycles. The molecule has 1 N–H and O–H groups in total. The van der Waals surface area contributed by atoms with Crippen LogP contribution in [0.15, 0.2) is 35.7 Å². The van der Waals surface area contributed by atoms with Crippen molar-refractivity contribution < 1.29 is 14.3 Å². The average Bonchev–Trinajstić information content (AvgIpc) is 3.12. The summed E-state index contributed by atoms with van der Waals surface area (Å²) in [7, 11) is 0. The average molecular weight is 372 g/mol. The van der Waals surface area contributed by atoms with E-state index in [9.17, 15) is 4.79 Å². The summed E-state index contributed by atoms with van der Waals surface area (Å²) in [5.41, 5.74) is 1.61. The Kier molecular flexibility index (Phi) is 5.33. The van der Waals surface area contributed by atoms with Crippen molar-refractivity contribution >= 4 is 17.2 Å². The minimum atomic E-state index is -0.116. The highest BCUT2D eigenvalue weighted by Crippen LogP contribution is 2.34. The molecule has 3 heterocycles. The van der Waals surface area contributed by atoms with Gasteiger partial charge in [-0.3, -0.25) is 4.79 Å². The first kappa shape index (κ1) is 17.6. The number of amides is 1. The monoisotopic (exact) mass is 372 g/mol. The Morgan fingerprint density at radius 3 is 2.85 bits per heavy atom. The third kappa shape index (κ3) is 4.14. The van der Waals surface area contributed by atoms with E-state index in [2.05, 4.69) is 22.4 Å². The van der Waals surface area contributed by atoms with Crippen molar-refractivity contribution in [1.82, 2.24) is 10.3 Å². The van der Waals surface area contributed by atoms with E-state index in [1.54, 1.807) is 11.3 Å². The van der Waals surface area contributed by atoms with Gasteiger partial charge in [-0.2, -0.15) is 0 Å². The first-order chi connectivity index (χ1) is 12.7. The molecule has 4 rings (SSSR count). The minimum Gasteiger partial charge on any atom is -0.381 e. The highest BCUT2D eigenvalue weighted by Gasteiger charge is 2.39. The predicted molar refractivity (Wildman–Crippen MR) is 101 cm³/mol. The Balaban J connectivity index is 1.36. The Labute approximate surface area is 157 Å². The maximum Gasteiger partial charge on any atom is 0.270 e. The van der Waals surface area contributed by atoms with Gasteiger partial charge in [-0.05, 0) is 31.2 Å². The van der Waals surface area contributed by atoms with Crippen LogP contribution in [0, 0.1) is 0 Å². The molecule has 2 aliphatic heterocycles. The third-order valence-corrected chi connectivity index (χ3v) is 6.06. The maximum absolute atomic E-state index is 12.6. The fourth-order valence-corrected chi connectivity index (χ4v) is 4.58. The normalized spacial score (nSPS) is 22.2. The molecule has 1 amide bonds. The van der Waals surface area contributed by atoms with Gasteiger partial charge in [-0.15, -0.1) is 11.3 Å². The van der Waals surface area contributed by atoms with Crippen LogP contribution in [0.5, 0.6) is 0 Å². The van der Waals surface area contributed by atoms with E-state index in [1.165, 1.54) is 5.56 Å². The predicted octanol–water partition coefficient (Wildman–Crippen LogP) is 3.19. The standard InChI is InChI=1S/C20H24N2O3S/c23-19(17-14-26-18(22-17)12-15-4-2-1-3-5-15)21-16-6-9-25-20(13-16)7-10-24-11-8-20/h1-5,14,16H,6-13H2,(H,21,23)/t16-/m0/s1. The van der Waals surface area contributed by atoms with Crippen molar-refractivity contribution in [2.24, 2.45) is 0 Å². The molecule has 0 radical (unpaired) electrons. The van der Waals surface area contributed by atoms with Gasteiger partial charge < -0.3 is 14.8 Å². The summed E-state index contributed by atoms with van der Waals surface area (Å²) in [5.74, 6) is -0.0744. The zero-order valence-corrected chi connectivity index (χ0v) is 15.6. The largest absolute Gasteiger partial charge is 0.381 e. The number of carbonyl (C=O) groups is 1. The van der Waals surface area contributed by atoms with Crippen molar-refractivity contribution in [2.45, 2.75) is 43.7 Å². The molecule has 0 aliphatic carbocycles. The molecule has 2 fully saturated rings. The maximum atomic E-state index is 12.6. The summed E-state index contributed by atoms with van der Waals surface area (Å²) >= 11 is 1.54. The lowest BCUT2D eigenvalue weighted by Crippen LogP contribution is -2.51. The van der Waals surface area contributed by atoms with Gasteiger partial charge in [0.15, 0.2) is 0 Å². The number of benzene rings is 1. The zero-order chi connectivity index (χ0) is 17.8. The van der Waals surface area contributed by atoms with Crippen LogP contribution in [-0.4, -0.2) is 42.4 Å². The molecule has 0 bridgehead atoms.